The van der Waals surface area contributed by atoms with Crippen LogP contribution in [0, 0.1) is 0 Å². The first-order valence-electron chi connectivity index (χ1n) is 35.9. The molecule has 0 aromatic heterocycles. The van der Waals surface area contributed by atoms with Crippen LogP contribution < -0.4 is 0 Å². The number of esters is 3. The Kier molecular flexibility index (Phi) is 67.6. The van der Waals surface area contributed by atoms with E-state index in [9.17, 15) is 14.4 Å². The van der Waals surface area contributed by atoms with Crippen molar-refractivity contribution in [2.75, 3.05) is 13.2 Å². The number of unbranched alkanes of at least 4 members (excludes halogenated alkanes) is 43. The molecular weight excluding hydrogens is 1010 g/mol. The molecule has 0 N–H and O–H groups in total. The molecule has 1 unspecified atom stereocenters. The Balaban J connectivity index is 4.11. The van der Waals surface area contributed by atoms with E-state index in [1.807, 2.05) is 0 Å². The Morgan fingerprint density at radius 1 is 0.256 bits per heavy atom. The van der Waals surface area contributed by atoms with Crippen molar-refractivity contribution in [1.29, 1.82) is 0 Å². The quantitative estimate of drug-likeness (QED) is 0.0261. The molecule has 0 saturated carbocycles. The standard InChI is InChI=1S/C76H136O6/c1-4-7-10-13-16-19-22-25-27-29-30-31-32-33-34-35-36-37-38-39-40-41-42-43-44-45-46-48-49-51-54-57-60-63-66-69-75(78)81-72-73(71-80-74(77)68-65-62-59-56-53-24-21-18-15-12-9-6-3)82-76(79)70-67-64-61-58-55-52-50-47-28-26-23-20-17-14-11-8-5-2/h8,11,17,20,26,28-30,50,52,58,61,73H,4-7,9-10,12-16,18-19,21-25,27,31-49,51,53-57,59-60,62-72H2,1-3H3/b11-8-,20-17-,28-26-,30-29-,52-50-,61-58-. The summed E-state index contributed by atoms with van der Waals surface area (Å²) in [5, 5.41) is 0. The van der Waals surface area contributed by atoms with Crippen molar-refractivity contribution in [2.24, 2.45) is 0 Å². The molecule has 0 radical (unpaired) electrons. The summed E-state index contributed by atoms with van der Waals surface area (Å²) in [6.45, 7) is 6.52. The third-order valence-electron chi connectivity index (χ3n) is 15.9. The van der Waals surface area contributed by atoms with Crippen LogP contribution >= 0.6 is 0 Å². The number of hydrogen-bond acceptors (Lipinski definition) is 6. The van der Waals surface area contributed by atoms with Crippen molar-refractivity contribution in [1.82, 2.24) is 0 Å². The number of rotatable bonds is 66. The molecule has 0 amide bonds. The van der Waals surface area contributed by atoms with Crippen LogP contribution in [0.1, 0.15) is 374 Å². The predicted molar refractivity (Wildman–Crippen MR) is 358 cm³/mol. The normalized spacial score (nSPS) is 12.5. The Hall–Kier alpha value is -3.15. The second-order valence-corrected chi connectivity index (χ2v) is 24.1. The first kappa shape index (κ1) is 78.8. The van der Waals surface area contributed by atoms with Crippen molar-refractivity contribution in [3.8, 4) is 0 Å². The average molecular weight is 1150 g/mol. The van der Waals surface area contributed by atoms with Crippen molar-refractivity contribution >= 4 is 17.9 Å². The lowest BCUT2D eigenvalue weighted by Gasteiger charge is -2.18. The maximum absolute atomic E-state index is 12.9. The molecule has 0 fully saturated rings. The van der Waals surface area contributed by atoms with Gasteiger partial charge in [-0.25, -0.2) is 0 Å². The molecule has 0 saturated heterocycles. The van der Waals surface area contributed by atoms with Gasteiger partial charge in [-0.05, 0) is 83.5 Å². The number of allylic oxidation sites excluding steroid dienone is 12. The van der Waals surface area contributed by atoms with Crippen molar-refractivity contribution in [3.05, 3.63) is 72.9 Å². The van der Waals surface area contributed by atoms with Crippen LogP contribution in [-0.4, -0.2) is 37.2 Å². The zero-order valence-corrected chi connectivity index (χ0v) is 54.8. The van der Waals surface area contributed by atoms with Gasteiger partial charge >= 0.3 is 17.9 Å². The summed E-state index contributed by atoms with van der Waals surface area (Å²) in [4.78, 5) is 38.3. The molecule has 6 heteroatoms. The number of carbonyl (C=O) groups excluding carboxylic acids is 3. The lowest BCUT2D eigenvalue weighted by atomic mass is 10.0. The topological polar surface area (TPSA) is 78.9 Å². The van der Waals surface area contributed by atoms with E-state index in [1.165, 1.54) is 250 Å². The van der Waals surface area contributed by atoms with E-state index >= 15 is 0 Å². The van der Waals surface area contributed by atoms with Gasteiger partial charge in [-0.3, -0.25) is 14.4 Å². The summed E-state index contributed by atoms with van der Waals surface area (Å²) in [6.07, 6.45) is 92.6. The number of hydrogen-bond donors (Lipinski definition) is 0. The molecule has 0 spiro atoms. The third-order valence-corrected chi connectivity index (χ3v) is 15.9. The molecule has 0 heterocycles. The highest BCUT2D eigenvalue weighted by atomic mass is 16.6. The lowest BCUT2D eigenvalue weighted by molar-refractivity contribution is -0.167. The summed E-state index contributed by atoms with van der Waals surface area (Å²) < 4.78 is 16.9. The minimum Gasteiger partial charge on any atom is -0.462 e. The number of ether oxygens (including phenoxy) is 3. The van der Waals surface area contributed by atoms with Crippen LogP contribution in [0.3, 0.4) is 0 Å². The van der Waals surface area contributed by atoms with Gasteiger partial charge in [-0.2, -0.15) is 0 Å². The van der Waals surface area contributed by atoms with Gasteiger partial charge in [-0.15, -0.1) is 0 Å². The van der Waals surface area contributed by atoms with Crippen molar-refractivity contribution in [3.63, 3.8) is 0 Å². The van der Waals surface area contributed by atoms with Crippen LogP contribution in [0.15, 0.2) is 72.9 Å². The zero-order chi connectivity index (χ0) is 59.2. The fourth-order valence-corrected chi connectivity index (χ4v) is 10.6. The van der Waals surface area contributed by atoms with Crippen LogP contribution in [0.25, 0.3) is 0 Å². The van der Waals surface area contributed by atoms with Crippen molar-refractivity contribution in [2.45, 2.75) is 380 Å². The molecule has 6 nitrogen and oxygen atoms in total. The highest BCUT2D eigenvalue weighted by molar-refractivity contribution is 5.71. The van der Waals surface area contributed by atoms with E-state index in [-0.39, 0.29) is 37.5 Å². The van der Waals surface area contributed by atoms with Gasteiger partial charge in [0, 0.05) is 19.3 Å². The van der Waals surface area contributed by atoms with E-state index in [4.69, 9.17) is 14.2 Å². The van der Waals surface area contributed by atoms with E-state index in [0.717, 1.165) is 77.0 Å². The summed E-state index contributed by atoms with van der Waals surface area (Å²) in [7, 11) is 0. The second-order valence-electron chi connectivity index (χ2n) is 24.1. The van der Waals surface area contributed by atoms with Gasteiger partial charge in [0.05, 0.1) is 0 Å². The third kappa shape index (κ3) is 67.6. The van der Waals surface area contributed by atoms with E-state index in [2.05, 4.69) is 93.7 Å². The van der Waals surface area contributed by atoms with Gasteiger partial charge in [-0.1, -0.05) is 344 Å². The smallest absolute Gasteiger partial charge is 0.306 e. The van der Waals surface area contributed by atoms with Crippen LogP contribution in [0.4, 0.5) is 0 Å². The minimum atomic E-state index is -0.803. The summed E-state index contributed by atoms with van der Waals surface area (Å²) in [5.41, 5.74) is 0. The molecule has 476 valence electrons. The fourth-order valence-electron chi connectivity index (χ4n) is 10.6. The molecule has 0 aliphatic rings. The molecule has 0 aromatic rings. The van der Waals surface area contributed by atoms with Crippen LogP contribution in [-0.2, 0) is 28.6 Å². The molecule has 1 atom stereocenters. The van der Waals surface area contributed by atoms with Gasteiger partial charge in [0.1, 0.15) is 13.2 Å². The van der Waals surface area contributed by atoms with Gasteiger partial charge < -0.3 is 14.2 Å². The molecule has 82 heavy (non-hydrogen) atoms. The highest BCUT2D eigenvalue weighted by Crippen LogP contribution is 2.18. The van der Waals surface area contributed by atoms with E-state index < -0.39 is 6.10 Å². The predicted octanol–water partition coefficient (Wildman–Crippen LogP) is 24.8. The van der Waals surface area contributed by atoms with E-state index in [1.54, 1.807) is 0 Å². The monoisotopic (exact) mass is 1150 g/mol. The zero-order valence-electron chi connectivity index (χ0n) is 54.8. The maximum Gasteiger partial charge on any atom is 0.306 e. The summed E-state index contributed by atoms with van der Waals surface area (Å²) in [5.74, 6) is -0.934. The van der Waals surface area contributed by atoms with Gasteiger partial charge in [0.15, 0.2) is 6.10 Å². The Morgan fingerprint density at radius 3 is 0.793 bits per heavy atom. The van der Waals surface area contributed by atoms with E-state index in [0.29, 0.717) is 19.3 Å². The van der Waals surface area contributed by atoms with Crippen LogP contribution in [0.2, 0.25) is 0 Å². The Morgan fingerprint density at radius 2 is 0.488 bits per heavy atom. The highest BCUT2D eigenvalue weighted by Gasteiger charge is 2.19. The van der Waals surface area contributed by atoms with Crippen LogP contribution in [0.5, 0.6) is 0 Å². The summed E-state index contributed by atoms with van der Waals surface area (Å²) in [6, 6.07) is 0. The first-order valence-corrected chi connectivity index (χ1v) is 35.9. The fraction of sp³-hybridized carbons (Fsp3) is 0.803. The minimum absolute atomic E-state index is 0.0935. The molecule has 0 rings (SSSR count). The van der Waals surface area contributed by atoms with Gasteiger partial charge in [0.2, 0.25) is 0 Å². The molecule has 0 aliphatic carbocycles. The summed E-state index contributed by atoms with van der Waals surface area (Å²) >= 11 is 0. The molecule has 0 bridgehead atoms. The molecular formula is C76H136O6. The van der Waals surface area contributed by atoms with Gasteiger partial charge in [0.25, 0.3) is 0 Å². The average Bonchev–Trinajstić information content (AvgIpc) is 3.47. The molecule has 0 aliphatic heterocycles. The molecule has 0 aromatic carbocycles. The maximum atomic E-state index is 12.9. The Bertz CT molecular complexity index is 1500. The second kappa shape index (κ2) is 70.3. The number of carbonyl (C=O) groups is 3. The lowest BCUT2D eigenvalue weighted by Crippen LogP contribution is -2.30. The largest absolute Gasteiger partial charge is 0.462 e. The first-order chi connectivity index (χ1) is 40.5. The SMILES string of the molecule is CC/C=C\C/C=C\C/C=C\C/C=C\C/C=C\CCCC(=O)OC(COC(=O)CCCCCCCCCCCCCC)COC(=O)CCCCCCCCCCCCCCCCCCCCCCCCC/C=C\CCCCCCCCCC. The van der Waals surface area contributed by atoms with Crippen molar-refractivity contribution < 1.29 is 28.6 Å². The Labute approximate surface area is 510 Å².